The van der Waals surface area contributed by atoms with Gasteiger partial charge in [0, 0.05) is 11.1 Å². The number of carbonyl (C=O) groups excluding carboxylic acids is 2. The Morgan fingerprint density at radius 1 is 1.47 bits per heavy atom. The number of piperazine rings is 1. The van der Waals surface area contributed by atoms with E-state index in [0.29, 0.717) is 18.9 Å². The predicted octanol–water partition coefficient (Wildman–Crippen LogP) is 1.16. The van der Waals surface area contributed by atoms with E-state index in [9.17, 15) is 9.59 Å². The number of hydrogen-bond acceptors (Lipinski definition) is 4. The summed E-state index contributed by atoms with van der Waals surface area (Å²) in [6.45, 7) is 2.44. The van der Waals surface area contributed by atoms with Gasteiger partial charge in [0.25, 0.3) is 0 Å². The number of hydrogen-bond donors (Lipinski definition) is 1. The van der Waals surface area contributed by atoms with Gasteiger partial charge in [0.2, 0.25) is 11.8 Å². The highest BCUT2D eigenvalue weighted by atomic mass is 32.1. The van der Waals surface area contributed by atoms with Crippen molar-refractivity contribution in [3.63, 3.8) is 0 Å². The number of nitrogens with one attached hydrogen (secondary N) is 1. The smallest absolute Gasteiger partial charge is 0.246 e. The number of amides is 2. The third-order valence-electron chi connectivity index (χ3n) is 3.82. The van der Waals surface area contributed by atoms with E-state index < -0.39 is 0 Å². The second kappa shape index (κ2) is 4.92. The van der Waals surface area contributed by atoms with Crippen molar-refractivity contribution in [1.82, 2.24) is 15.2 Å². The lowest BCUT2D eigenvalue weighted by Crippen LogP contribution is -2.63. The zero-order chi connectivity index (χ0) is 13.4. The van der Waals surface area contributed by atoms with Crippen molar-refractivity contribution >= 4 is 23.2 Å². The quantitative estimate of drug-likeness (QED) is 0.899. The Hall–Kier alpha value is -1.43. The molecule has 1 saturated heterocycles. The molecule has 0 radical (unpaired) electrons. The van der Waals surface area contributed by atoms with Crippen molar-refractivity contribution in [1.29, 1.82) is 0 Å². The monoisotopic (exact) mass is 279 g/mol. The van der Waals surface area contributed by atoms with Gasteiger partial charge in [0.15, 0.2) is 0 Å². The Bertz CT molecular complexity index is 484. The molecular weight excluding hydrogens is 262 g/mol. The Labute approximate surface area is 116 Å². The van der Waals surface area contributed by atoms with Crippen molar-refractivity contribution < 1.29 is 9.59 Å². The summed E-state index contributed by atoms with van der Waals surface area (Å²) in [4.78, 5) is 31.5. The Balaban J connectivity index is 1.82. The highest BCUT2D eigenvalue weighted by molar-refractivity contribution is 7.09. The number of carbonyl (C=O) groups is 2. The molecule has 5 nitrogen and oxygen atoms in total. The van der Waals surface area contributed by atoms with Gasteiger partial charge in [-0.3, -0.25) is 14.6 Å². The van der Waals surface area contributed by atoms with Crippen molar-refractivity contribution in [2.24, 2.45) is 5.92 Å². The van der Waals surface area contributed by atoms with E-state index in [1.165, 1.54) is 11.3 Å². The van der Waals surface area contributed by atoms with Gasteiger partial charge in [-0.15, -0.1) is 11.3 Å². The zero-order valence-electron chi connectivity index (χ0n) is 10.8. The maximum absolute atomic E-state index is 12.5. The molecule has 1 N–H and O–H groups in total. The first kappa shape index (κ1) is 12.6. The Morgan fingerprint density at radius 3 is 2.84 bits per heavy atom. The van der Waals surface area contributed by atoms with E-state index in [-0.39, 0.29) is 23.9 Å². The van der Waals surface area contributed by atoms with Crippen LogP contribution >= 0.6 is 11.3 Å². The minimum Gasteiger partial charge on any atom is -0.342 e. The highest BCUT2D eigenvalue weighted by Gasteiger charge is 2.46. The topological polar surface area (TPSA) is 62.3 Å². The molecule has 6 heteroatoms. The fourth-order valence-corrected chi connectivity index (χ4v) is 3.21. The molecule has 2 heterocycles. The maximum Gasteiger partial charge on any atom is 0.246 e. The molecule has 3 rings (SSSR count). The summed E-state index contributed by atoms with van der Waals surface area (Å²) in [7, 11) is 0. The van der Waals surface area contributed by atoms with Crippen LogP contribution < -0.4 is 5.32 Å². The Morgan fingerprint density at radius 2 is 2.26 bits per heavy atom. The van der Waals surface area contributed by atoms with Gasteiger partial charge in [0.1, 0.15) is 12.1 Å². The van der Waals surface area contributed by atoms with Crippen LogP contribution in [0.5, 0.6) is 0 Å². The lowest BCUT2D eigenvalue weighted by atomic mass is 10.0. The first-order chi connectivity index (χ1) is 9.20. The summed E-state index contributed by atoms with van der Waals surface area (Å²) in [5.41, 5.74) is 1.75. The molecule has 0 spiro atoms. The van der Waals surface area contributed by atoms with E-state index in [0.717, 1.165) is 17.7 Å². The molecule has 0 bridgehead atoms. The molecule has 1 saturated carbocycles. The van der Waals surface area contributed by atoms with Crippen LogP contribution in [0.2, 0.25) is 0 Å². The summed E-state index contributed by atoms with van der Waals surface area (Å²) in [6, 6.07) is -0.646. The van der Waals surface area contributed by atoms with E-state index in [4.69, 9.17) is 0 Å². The first-order valence-corrected chi connectivity index (χ1v) is 7.57. The minimum absolute atomic E-state index is 0.0106. The third-order valence-corrected chi connectivity index (χ3v) is 4.58. The standard InChI is InChI=1S/C13H17N3O2S/c1-2-10-12(17)15-11(8-3-4-8)13(18)16(10)6-9-5-14-7-19-9/h5,7-8,10-11H,2-4,6H2,1H3,(H,15,17). The number of rotatable bonds is 4. The van der Waals surface area contributed by atoms with Crippen molar-refractivity contribution in [2.75, 3.05) is 0 Å². The summed E-state index contributed by atoms with van der Waals surface area (Å²) >= 11 is 1.52. The average molecular weight is 279 g/mol. The van der Waals surface area contributed by atoms with Crippen molar-refractivity contribution in [3.05, 3.63) is 16.6 Å². The van der Waals surface area contributed by atoms with Gasteiger partial charge in [-0.2, -0.15) is 0 Å². The van der Waals surface area contributed by atoms with E-state index in [1.807, 2.05) is 6.92 Å². The van der Waals surface area contributed by atoms with Crippen LogP contribution in [0.15, 0.2) is 11.7 Å². The molecule has 1 aliphatic carbocycles. The van der Waals surface area contributed by atoms with Gasteiger partial charge in [-0.05, 0) is 25.2 Å². The second-order valence-corrected chi connectivity index (χ2v) is 6.15. The summed E-state index contributed by atoms with van der Waals surface area (Å²) in [6.07, 6.45) is 4.50. The Kier molecular flexibility index (Phi) is 3.26. The summed E-state index contributed by atoms with van der Waals surface area (Å²) < 4.78 is 0. The summed E-state index contributed by atoms with van der Waals surface area (Å²) in [5.74, 6) is 0.407. The lowest BCUT2D eigenvalue weighted by molar-refractivity contribution is -0.150. The van der Waals surface area contributed by atoms with E-state index >= 15 is 0 Å². The molecule has 19 heavy (non-hydrogen) atoms. The van der Waals surface area contributed by atoms with Gasteiger partial charge in [-0.1, -0.05) is 6.92 Å². The van der Waals surface area contributed by atoms with Gasteiger partial charge >= 0.3 is 0 Å². The third kappa shape index (κ3) is 2.36. The summed E-state index contributed by atoms with van der Waals surface area (Å²) in [5, 5.41) is 2.90. The highest BCUT2D eigenvalue weighted by Crippen LogP contribution is 2.35. The molecule has 1 aliphatic heterocycles. The molecule has 1 aromatic rings. The van der Waals surface area contributed by atoms with Crippen LogP contribution in [0.3, 0.4) is 0 Å². The van der Waals surface area contributed by atoms with Crippen molar-refractivity contribution in [2.45, 2.75) is 44.8 Å². The number of aromatic nitrogens is 1. The fourth-order valence-electron chi connectivity index (χ4n) is 2.62. The first-order valence-electron chi connectivity index (χ1n) is 6.69. The minimum atomic E-state index is -0.343. The SMILES string of the molecule is CCC1C(=O)NC(C2CC2)C(=O)N1Cc1cncs1. The molecule has 2 unspecified atom stereocenters. The van der Waals surface area contributed by atoms with Crippen LogP contribution in [0.25, 0.3) is 0 Å². The lowest BCUT2D eigenvalue weighted by Gasteiger charge is -2.38. The molecular formula is C13H17N3O2S. The van der Waals surface area contributed by atoms with Crippen molar-refractivity contribution in [3.8, 4) is 0 Å². The average Bonchev–Trinajstić information content (AvgIpc) is 3.11. The van der Waals surface area contributed by atoms with Gasteiger partial charge in [-0.25, -0.2) is 0 Å². The van der Waals surface area contributed by atoms with E-state index in [2.05, 4.69) is 10.3 Å². The predicted molar refractivity (Wildman–Crippen MR) is 71.4 cm³/mol. The normalized spacial score (nSPS) is 27.5. The molecule has 1 aromatic heterocycles. The van der Waals surface area contributed by atoms with Crippen LogP contribution in [0.4, 0.5) is 0 Å². The van der Waals surface area contributed by atoms with Crippen LogP contribution in [-0.4, -0.2) is 33.8 Å². The molecule has 2 aliphatic rings. The van der Waals surface area contributed by atoms with Crippen LogP contribution in [0, 0.1) is 5.92 Å². The second-order valence-electron chi connectivity index (χ2n) is 5.18. The van der Waals surface area contributed by atoms with Crippen LogP contribution in [-0.2, 0) is 16.1 Å². The van der Waals surface area contributed by atoms with Gasteiger partial charge < -0.3 is 10.2 Å². The zero-order valence-corrected chi connectivity index (χ0v) is 11.7. The van der Waals surface area contributed by atoms with Gasteiger partial charge in [0.05, 0.1) is 12.1 Å². The number of thiazole rings is 1. The molecule has 2 atom stereocenters. The van der Waals surface area contributed by atoms with E-state index in [1.54, 1.807) is 16.6 Å². The largest absolute Gasteiger partial charge is 0.342 e. The molecule has 102 valence electrons. The molecule has 0 aromatic carbocycles. The van der Waals surface area contributed by atoms with Crippen LogP contribution in [0.1, 0.15) is 31.1 Å². The maximum atomic E-state index is 12.5. The number of nitrogens with zero attached hydrogens (tertiary/aromatic N) is 2. The molecule has 2 amide bonds. The fraction of sp³-hybridized carbons (Fsp3) is 0.615. The molecule has 2 fully saturated rings.